The first kappa shape index (κ1) is 22.9. The average Bonchev–Trinajstić information content (AvgIpc) is 3.32. The number of aromatic nitrogens is 2. The van der Waals surface area contributed by atoms with Gasteiger partial charge in [0.2, 0.25) is 5.91 Å². The number of amides is 1. The fraction of sp³-hybridized carbons (Fsp3) is 0.737. The molecule has 8 nitrogen and oxygen atoms in total. The largest absolute Gasteiger partial charge is 0.357 e. The summed E-state index contributed by atoms with van der Waals surface area (Å²) in [7, 11) is 1.86. The number of hydrogen-bond acceptors (Lipinski definition) is 4. The highest BCUT2D eigenvalue weighted by Crippen LogP contribution is 2.16. The Morgan fingerprint density at radius 2 is 2.00 bits per heavy atom. The van der Waals surface area contributed by atoms with Crippen molar-refractivity contribution in [1.82, 2.24) is 24.9 Å². The van der Waals surface area contributed by atoms with Crippen LogP contribution in [0.1, 0.15) is 32.6 Å². The minimum absolute atomic E-state index is 0. The zero-order valence-corrected chi connectivity index (χ0v) is 19.5. The van der Waals surface area contributed by atoms with Gasteiger partial charge in [0.05, 0.1) is 11.9 Å². The van der Waals surface area contributed by atoms with Crippen LogP contribution in [0.5, 0.6) is 0 Å². The predicted molar refractivity (Wildman–Crippen MR) is 123 cm³/mol. The van der Waals surface area contributed by atoms with Crippen molar-refractivity contribution < 1.29 is 4.79 Å². The SMILES string of the molecule is CCNC(=NCCCCN1CCCC1)N1CCN(c2cnn(C)c2)C(=O)C1.I. The van der Waals surface area contributed by atoms with Crippen LogP contribution >= 0.6 is 24.0 Å². The average molecular weight is 503 g/mol. The van der Waals surface area contributed by atoms with Gasteiger partial charge >= 0.3 is 0 Å². The molecule has 2 saturated heterocycles. The Bertz CT molecular complexity index is 642. The fourth-order valence-electron chi connectivity index (χ4n) is 3.74. The Labute approximate surface area is 185 Å². The Morgan fingerprint density at radius 3 is 2.64 bits per heavy atom. The molecule has 3 heterocycles. The van der Waals surface area contributed by atoms with Crippen LogP contribution in [0.4, 0.5) is 5.69 Å². The molecule has 1 N–H and O–H groups in total. The van der Waals surface area contributed by atoms with Gasteiger partial charge in [-0.3, -0.25) is 14.5 Å². The molecule has 0 aliphatic carbocycles. The molecule has 2 aliphatic rings. The molecule has 2 aliphatic heterocycles. The van der Waals surface area contributed by atoms with E-state index < -0.39 is 0 Å². The molecule has 28 heavy (non-hydrogen) atoms. The summed E-state index contributed by atoms with van der Waals surface area (Å²) in [6, 6.07) is 0. The van der Waals surface area contributed by atoms with Crippen molar-refractivity contribution in [3.63, 3.8) is 0 Å². The third-order valence-corrected chi connectivity index (χ3v) is 5.20. The molecular formula is C19H34IN7O. The number of halogens is 1. The number of aryl methyl sites for hydroxylation is 1. The summed E-state index contributed by atoms with van der Waals surface area (Å²) in [6.07, 6.45) is 8.61. The molecule has 2 fully saturated rings. The van der Waals surface area contributed by atoms with Crippen molar-refractivity contribution in [2.24, 2.45) is 12.0 Å². The zero-order chi connectivity index (χ0) is 19.1. The molecule has 0 aromatic carbocycles. The van der Waals surface area contributed by atoms with E-state index >= 15 is 0 Å². The number of carbonyl (C=O) groups excluding carboxylic acids is 1. The molecule has 3 rings (SSSR count). The van der Waals surface area contributed by atoms with Crippen molar-refractivity contribution in [2.45, 2.75) is 32.6 Å². The lowest BCUT2D eigenvalue weighted by molar-refractivity contribution is -0.120. The molecule has 0 bridgehead atoms. The lowest BCUT2D eigenvalue weighted by Gasteiger charge is -2.35. The van der Waals surface area contributed by atoms with Crippen molar-refractivity contribution in [2.75, 3.05) is 57.3 Å². The molecule has 0 atom stereocenters. The topological polar surface area (TPSA) is 69.0 Å². The molecule has 0 radical (unpaired) electrons. The van der Waals surface area contributed by atoms with Crippen LogP contribution in [0.3, 0.4) is 0 Å². The van der Waals surface area contributed by atoms with E-state index in [4.69, 9.17) is 4.99 Å². The Hall–Kier alpha value is -1.36. The standard InChI is InChI=1S/C19H33N7O.HI/c1-3-20-19(21-8-4-5-9-24-10-6-7-11-24)25-12-13-26(18(27)16-25)17-14-22-23(2)15-17;/h14-15H,3-13,16H2,1-2H3,(H,20,21);1H. The number of unbranched alkanes of at least 4 members (excludes halogenated alkanes) is 1. The molecule has 1 aromatic heterocycles. The van der Waals surface area contributed by atoms with E-state index in [2.05, 4.69) is 27.1 Å². The molecule has 158 valence electrons. The van der Waals surface area contributed by atoms with Crippen molar-refractivity contribution in [3.8, 4) is 0 Å². The molecule has 1 aromatic rings. The van der Waals surface area contributed by atoms with Crippen LogP contribution in [0.15, 0.2) is 17.4 Å². The summed E-state index contributed by atoms with van der Waals surface area (Å²) in [5, 5.41) is 7.51. The Kier molecular flexibility index (Phi) is 9.49. The zero-order valence-electron chi connectivity index (χ0n) is 17.1. The molecule has 0 saturated carbocycles. The van der Waals surface area contributed by atoms with Gasteiger partial charge < -0.3 is 20.0 Å². The minimum atomic E-state index is 0. The van der Waals surface area contributed by atoms with Gasteiger partial charge in [0.25, 0.3) is 0 Å². The van der Waals surface area contributed by atoms with Gasteiger partial charge in [0.1, 0.15) is 6.54 Å². The summed E-state index contributed by atoms with van der Waals surface area (Å²) in [5.41, 5.74) is 0.867. The summed E-state index contributed by atoms with van der Waals surface area (Å²) >= 11 is 0. The highest BCUT2D eigenvalue weighted by molar-refractivity contribution is 14.0. The third-order valence-electron chi connectivity index (χ3n) is 5.20. The molecule has 0 spiro atoms. The normalized spacial score (nSPS) is 18.5. The second-order valence-corrected chi connectivity index (χ2v) is 7.33. The third kappa shape index (κ3) is 6.33. The van der Waals surface area contributed by atoms with Crippen molar-refractivity contribution in [3.05, 3.63) is 12.4 Å². The number of guanidine groups is 1. The monoisotopic (exact) mass is 503 g/mol. The summed E-state index contributed by atoms with van der Waals surface area (Å²) in [5.74, 6) is 0.951. The lowest BCUT2D eigenvalue weighted by Crippen LogP contribution is -2.55. The second-order valence-electron chi connectivity index (χ2n) is 7.33. The van der Waals surface area contributed by atoms with Crippen LogP contribution in [0, 0.1) is 0 Å². The first-order valence-electron chi connectivity index (χ1n) is 10.2. The van der Waals surface area contributed by atoms with Crippen molar-refractivity contribution >= 4 is 41.5 Å². The van der Waals surface area contributed by atoms with E-state index in [1.165, 1.54) is 38.9 Å². The Morgan fingerprint density at radius 1 is 1.21 bits per heavy atom. The van der Waals surface area contributed by atoms with Gasteiger partial charge in [-0.2, -0.15) is 5.10 Å². The summed E-state index contributed by atoms with van der Waals surface area (Å²) in [4.78, 5) is 23.8. The summed E-state index contributed by atoms with van der Waals surface area (Å²) in [6.45, 7) is 9.19. The van der Waals surface area contributed by atoms with E-state index in [9.17, 15) is 4.79 Å². The first-order chi connectivity index (χ1) is 13.2. The molecular weight excluding hydrogens is 469 g/mol. The van der Waals surface area contributed by atoms with Gasteiger partial charge in [0.15, 0.2) is 5.96 Å². The number of nitrogens with one attached hydrogen (secondary N) is 1. The predicted octanol–water partition coefficient (Wildman–Crippen LogP) is 1.53. The smallest absolute Gasteiger partial charge is 0.246 e. The maximum absolute atomic E-state index is 12.6. The van der Waals surface area contributed by atoms with Crippen LogP contribution in [0.25, 0.3) is 0 Å². The van der Waals surface area contributed by atoms with Crippen LogP contribution in [0.2, 0.25) is 0 Å². The maximum Gasteiger partial charge on any atom is 0.246 e. The summed E-state index contributed by atoms with van der Waals surface area (Å²) < 4.78 is 1.72. The molecule has 9 heteroatoms. The van der Waals surface area contributed by atoms with Gasteiger partial charge in [-0.05, 0) is 52.2 Å². The number of likely N-dealkylation sites (tertiary alicyclic amines) is 1. The van der Waals surface area contributed by atoms with Crippen LogP contribution < -0.4 is 10.2 Å². The number of carbonyl (C=O) groups is 1. The molecule has 0 unspecified atom stereocenters. The highest BCUT2D eigenvalue weighted by atomic mass is 127. The minimum Gasteiger partial charge on any atom is -0.357 e. The van der Waals surface area contributed by atoms with Crippen LogP contribution in [-0.4, -0.2) is 83.8 Å². The quantitative estimate of drug-likeness (QED) is 0.265. The lowest BCUT2D eigenvalue weighted by atomic mass is 10.3. The number of nitrogens with zero attached hydrogens (tertiary/aromatic N) is 6. The van der Waals surface area contributed by atoms with E-state index in [1.54, 1.807) is 10.9 Å². The van der Waals surface area contributed by atoms with Gasteiger partial charge in [-0.25, -0.2) is 0 Å². The number of anilines is 1. The molecule has 1 amide bonds. The Balaban J connectivity index is 0.00000280. The number of piperazine rings is 1. The fourth-order valence-corrected chi connectivity index (χ4v) is 3.74. The van der Waals surface area contributed by atoms with Gasteiger partial charge in [-0.15, -0.1) is 24.0 Å². The van der Waals surface area contributed by atoms with E-state index in [0.717, 1.165) is 37.7 Å². The van der Waals surface area contributed by atoms with E-state index in [0.29, 0.717) is 13.1 Å². The second kappa shape index (κ2) is 11.6. The van der Waals surface area contributed by atoms with Crippen LogP contribution in [-0.2, 0) is 11.8 Å². The first-order valence-corrected chi connectivity index (χ1v) is 10.2. The number of aliphatic imine (C=N–C) groups is 1. The van der Waals surface area contributed by atoms with Gasteiger partial charge in [0, 0.05) is 39.4 Å². The van der Waals surface area contributed by atoms with Gasteiger partial charge in [-0.1, -0.05) is 0 Å². The number of rotatable bonds is 7. The number of hydrogen-bond donors (Lipinski definition) is 1. The van der Waals surface area contributed by atoms with Crippen molar-refractivity contribution in [1.29, 1.82) is 0 Å². The van der Waals surface area contributed by atoms with E-state index in [1.807, 2.05) is 18.1 Å². The maximum atomic E-state index is 12.6. The van der Waals surface area contributed by atoms with E-state index in [-0.39, 0.29) is 29.9 Å². The highest BCUT2D eigenvalue weighted by Gasteiger charge is 2.27.